The molecule has 6 heteroatoms. The van der Waals surface area contributed by atoms with Gasteiger partial charge in [0.2, 0.25) is 0 Å². The molecule has 0 fully saturated rings. The van der Waals surface area contributed by atoms with Gasteiger partial charge in [0.1, 0.15) is 16.6 Å². The fourth-order valence-electron chi connectivity index (χ4n) is 1.87. The zero-order chi connectivity index (χ0) is 13.5. The van der Waals surface area contributed by atoms with Crippen LogP contribution in [-0.2, 0) is 10.2 Å². The first kappa shape index (κ1) is 12.1. The standard InChI is InChI=1S/C12H12N2O4/c1-12(2,11(15)16)10-7-8-5-3-4-6-9(8)13(10)14(17)18/h3-7H,1-2H3,(H,15,16). The summed E-state index contributed by atoms with van der Waals surface area (Å²) in [4.78, 5) is 22.4. The zero-order valence-electron chi connectivity index (χ0n) is 9.95. The number of fused-ring (bicyclic) bond motifs is 1. The summed E-state index contributed by atoms with van der Waals surface area (Å²) in [5, 5.41) is 20.4. The summed E-state index contributed by atoms with van der Waals surface area (Å²) in [6.45, 7) is 2.90. The van der Waals surface area contributed by atoms with Crippen molar-refractivity contribution in [3.8, 4) is 0 Å². The van der Waals surface area contributed by atoms with E-state index in [1.165, 1.54) is 13.8 Å². The van der Waals surface area contributed by atoms with Gasteiger partial charge >= 0.3 is 5.97 Å². The fourth-order valence-corrected chi connectivity index (χ4v) is 1.87. The quantitative estimate of drug-likeness (QED) is 0.665. The molecule has 0 unspecified atom stereocenters. The Morgan fingerprint density at radius 2 is 2.00 bits per heavy atom. The highest BCUT2D eigenvalue weighted by Crippen LogP contribution is 2.29. The van der Waals surface area contributed by atoms with E-state index in [0.29, 0.717) is 10.9 Å². The van der Waals surface area contributed by atoms with Crippen molar-refractivity contribution in [1.29, 1.82) is 0 Å². The van der Waals surface area contributed by atoms with Gasteiger partial charge in [-0.25, -0.2) is 10.1 Å². The van der Waals surface area contributed by atoms with Crippen molar-refractivity contribution in [3.63, 3.8) is 0 Å². The second-order valence-electron chi connectivity index (χ2n) is 4.57. The minimum atomic E-state index is -1.33. The van der Waals surface area contributed by atoms with E-state index in [-0.39, 0.29) is 5.69 Å². The number of rotatable bonds is 3. The van der Waals surface area contributed by atoms with Crippen LogP contribution in [0.25, 0.3) is 10.9 Å². The lowest BCUT2D eigenvalue weighted by molar-refractivity contribution is -0.539. The van der Waals surface area contributed by atoms with E-state index < -0.39 is 16.4 Å². The Labute approximate surface area is 103 Å². The number of carbonyl (C=O) groups is 1. The second-order valence-corrected chi connectivity index (χ2v) is 4.57. The van der Waals surface area contributed by atoms with E-state index in [9.17, 15) is 20.0 Å². The molecule has 1 aromatic carbocycles. The van der Waals surface area contributed by atoms with Crippen LogP contribution in [0.3, 0.4) is 0 Å². The first-order valence-electron chi connectivity index (χ1n) is 5.34. The van der Waals surface area contributed by atoms with Crippen LogP contribution in [0.5, 0.6) is 0 Å². The maximum Gasteiger partial charge on any atom is 0.315 e. The Morgan fingerprint density at radius 3 is 2.56 bits per heavy atom. The number of aromatic nitrogens is 1. The fraction of sp³-hybridized carbons (Fsp3) is 0.250. The highest BCUT2D eigenvalue weighted by molar-refractivity contribution is 5.86. The second kappa shape index (κ2) is 3.83. The van der Waals surface area contributed by atoms with Crippen molar-refractivity contribution in [2.24, 2.45) is 0 Å². The molecule has 0 aliphatic rings. The summed E-state index contributed by atoms with van der Waals surface area (Å²) in [6.07, 6.45) is 0. The average molecular weight is 248 g/mol. The van der Waals surface area contributed by atoms with E-state index in [1.54, 1.807) is 30.3 Å². The highest BCUT2D eigenvalue weighted by atomic mass is 16.7. The van der Waals surface area contributed by atoms with Crippen molar-refractivity contribution < 1.29 is 14.9 Å². The molecule has 6 nitrogen and oxygen atoms in total. The average Bonchev–Trinajstić information content (AvgIpc) is 2.68. The first-order chi connectivity index (χ1) is 8.35. The van der Waals surface area contributed by atoms with Gasteiger partial charge in [0.05, 0.1) is 0 Å². The predicted molar refractivity (Wildman–Crippen MR) is 65.0 cm³/mol. The van der Waals surface area contributed by atoms with Gasteiger partial charge < -0.3 is 5.11 Å². The van der Waals surface area contributed by atoms with E-state index in [4.69, 9.17) is 0 Å². The lowest BCUT2D eigenvalue weighted by Crippen LogP contribution is -2.32. The normalized spacial score (nSPS) is 11.7. The molecular formula is C12H12N2O4. The lowest BCUT2D eigenvalue weighted by atomic mass is 9.89. The molecule has 94 valence electrons. The van der Waals surface area contributed by atoms with Crippen LogP contribution >= 0.6 is 0 Å². The number of carboxylic acid groups (broad SMARTS) is 1. The summed E-state index contributed by atoms with van der Waals surface area (Å²) in [7, 11) is 0. The number of nitrogens with zero attached hydrogens (tertiary/aromatic N) is 2. The van der Waals surface area contributed by atoms with Gasteiger partial charge in [0.15, 0.2) is 5.03 Å². The molecule has 0 radical (unpaired) electrons. The van der Waals surface area contributed by atoms with E-state index >= 15 is 0 Å². The molecule has 2 aromatic rings. The molecule has 1 N–H and O–H groups in total. The van der Waals surface area contributed by atoms with Crippen LogP contribution in [0.2, 0.25) is 0 Å². The minimum Gasteiger partial charge on any atom is -0.481 e. The molecule has 1 heterocycles. The van der Waals surface area contributed by atoms with Gasteiger partial charge in [0.25, 0.3) is 0 Å². The summed E-state index contributed by atoms with van der Waals surface area (Å²) in [5.41, 5.74) is -0.778. The summed E-state index contributed by atoms with van der Waals surface area (Å²) in [5.74, 6) is -1.10. The monoisotopic (exact) mass is 248 g/mol. The number of nitro groups is 1. The summed E-state index contributed by atoms with van der Waals surface area (Å²) < 4.78 is 0.837. The smallest absolute Gasteiger partial charge is 0.315 e. The molecule has 0 bridgehead atoms. The first-order valence-corrected chi connectivity index (χ1v) is 5.34. The van der Waals surface area contributed by atoms with Crippen molar-refractivity contribution in [2.45, 2.75) is 19.3 Å². The number of para-hydroxylation sites is 1. The molecule has 0 saturated heterocycles. The zero-order valence-corrected chi connectivity index (χ0v) is 9.95. The molecule has 0 aliphatic carbocycles. The third-order valence-electron chi connectivity index (χ3n) is 3.02. The Morgan fingerprint density at radius 1 is 1.39 bits per heavy atom. The third kappa shape index (κ3) is 1.62. The number of hydrogen-bond acceptors (Lipinski definition) is 3. The van der Waals surface area contributed by atoms with Gasteiger partial charge in [-0.15, -0.1) is 0 Å². The maximum absolute atomic E-state index is 11.2. The topological polar surface area (TPSA) is 85.4 Å². The molecule has 0 saturated carbocycles. The van der Waals surface area contributed by atoms with Crippen molar-refractivity contribution in [2.75, 3.05) is 0 Å². The minimum absolute atomic E-state index is 0.154. The van der Waals surface area contributed by atoms with Crippen LogP contribution < -0.4 is 0 Å². The molecule has 1 aromatic heterocycles. The number of carboxylic acids is 1. The lowest BCUT2D eigenvalue weighted by Gasteiger charge is -2.17. The van der Waals surface area contributed by atoms with Crippen molar-refractivity contribution in [3.05, 3.63) is 46.1 Å². The molecule has 0 amide bonds. The van der Waals surface area contributed by atoms with Gasteiger partial charge in [-0.2, -0.15) is 0 Å². The molecule has 0 aliphatic heterocycles. The Balaban J connectivity index is 2.83. The van der Waals surface area contributed by atoms with Crippen LogP contribution in [-0.4, -0.2) is 20.8 Å². The molecule has 2 rings (SSSR count). The van der Waals surface area contributed by atoms with Gasteiger partial charge in [-0.1, -0.05) is 22.9 Å². The Kier molecular flexibility index (Phi) is 2.58. The molecule has 0 atom stereocenters. The number of benzene rings is 1. The Bertz CT molecular complexity index is 643. The summed E-state index contributed by atoms with van der Waals surface area (Å²) in [6, 6.07) is 8.30. The number of aliphatic carboxylic acids is 1. The number of hydrogen-bond donors (Lipinski definition) is 1. The van der Waals surface area contributed by atoms with Crippen LogP contribution in [0.4, 0.5) is 0 Å². The third-order valence-corrected chi connectivity index (χ3v) is 3.02. The van der Waals surface area contributed by atoms with E-state index in [2.05, 4.69) is 0 Å². The van der Waals surface area contributed by atoms with Gasteiger partial charge in [0, 0.05) is 5.39 Å². The summed E-state index contributed by atoms with van der Waals surface area (Å²) >= 11 is 0. The van der Waals surface area contributed by atoms with Crippen molar-refractivity contribution >= 4 is 16.9 Å². The Hall–Kier alpha value is -2.37. The SMILES string of the molecule is CC(C)(C(=O)O)c1cc2ccccc2n1[N+](=O)[O-]. The molecule has 0 spiro atoms. The van der Waals surface area contributed by atoms with Crippen molar-refractivity contribution in [1.82, 2.24) is 4.68 Å². The largest absolute Gasteiger partial charge is 0.481 e. The van der Waals surface area contributed by atoms with Crippen LogP contribution in [0.15, 0.2) is 30.3 Å². The molecular weight excluding hydrogens is 236 g/mol. The van der Waals surface area contributed by atoms with E-state index in [1.807, 2.05) is 0 Å². The van der Waals surface area contributed by atoms with Gasteiger partial charge in [-0.3, -0.25) is 4.79 Å². The maximum atomic E-state index is 11.2. The van der Waals surface area contributed by atoms with Gasteiger partial charge in [-0.05, 0) is 26.0 Å². The highest BCUT2D eigenvalue weighted by Gasteiger charge is 2.37. The molecule has 18 heavy (non-hydrogen) atoms. The van der Waals surface area contributed by atoms with Crippen LogP contribution in [0.1, 0.15) is 19.5 Å². The van der Waals surface area contributed by atoms with E-state index in [0.717, 1.165) is 4.68 Å². The van der Waals surface area contributed by atoms with Crippen LogP contribution in [0, 0.1) is 10.1 Å². The predicted octanol–water partition coefficient (Wildman–Crippen LogP) is 2.04.